The van der Waals surface area contributed by atoms with Crippen LogP contribution in [0, 0.1) is 5.92 Å². The van der Waals surface area contributed by atoms with Crippen LogP contribution in [0.3, 0.4) is 0 Å². The van der Waals surface area contributed by atoms with Crippen LogP contribution in [-0.4, -0.2) is 26.2 Å². The van der Waals surface area contributed by atoms with Crippen molar-refractivity contribution in [3.05, 3.63) is 54.1 Å². The number of nitrogens with zero attached hydrogens (tertiary/aromatic N) is 1. The summed E-state index contributed by atoms with van der Waals surface area (Å²) in [6, 6.07) is 15.5. The average molecular weight is 353 g/mol. The summed E-state index contributed by atoms with van der Waals surface area (Å²) in [5, 5.41) is 5.74. The largest absolute Gasteiger partial charge is 0.496 e. The summed E-state index contributed by atoms with van der Waals surface area (Å²) in [6.07, 6.45) is 2.48. The van der Waals surface area contributed by atoms with Crippen molar-refractivity contribution in [1.82, 2.24) is 5.32 Å². The number of urea groups is 1. The number of hydrogen-bond acceptors (Lipinski definition) is 3. The molecule has 138 valence electrons. The number of carbonyl (C=O) groups is 1. The molecule has 1 saturated heterocycles. The summed E-state index contributed by atoms with van der Waals surface area (Å²) >= 11 is 0. The molecule has 0 unspecified atom stereocenters. The third-order valence-corrected chi connectivity index (χ3v) is 4.91. The van der Waals surface area contributed by atoms with Crippen LogP contribution < -0.4 is 20.3 Å². The molecule has 0 aromatic heterocycles. The highest BCUT2D eigenvalue weighted by molar-refractivity contribution is 5.89. The molecule has 0 bridgehead atoms. The van der Waals surface area contributed by atoms with E-state index in [2.05, 4.69) is 34.6 Å². The summed E-state index contributed by atoms with van der Waals surface area (Å²) in [7, 11) is 1.63. The first-order valence-corrected chi connectivity index (χ1v) is 9.17. The maximum Gasteiger partial charge on any atom is 0.319 e. The molecule has 2 aromatic carbocycles. The minimum Gasteiger partial charge on any atom is -0.496 e. The Kier molecular flexibility index (Phi) is 6.00. The van der Waals surface area contributed by atoms with Gasteiger partial charge in [-0.25, -0.2) is 4.79 Å². The van der Waals surface area contributed by atoms with Gasteiger partial charge < -0.3 is 20.3 Å². The van der Waals surface area contributed by atoms with Gasteiger partial charge in [-0.3, -0.25) is 0 Å². The van der Waals surface area contributed by atoms with Crippen LogP contribution in [0.25, 0.3) is 0 Å². The molecule has 26 heavy (non-hydrogen) atoms. The molecule has 1 fully saturated rings. The molecule has 1 aliphatic rings. The molecular formula is C21H27N3O2. The van der Waals surface area contributed by atoms with E-state index in [9.17, 15) is 4.79 Å². The molecule has 5 heteroatoms. The fourth-order valence-corrected chi connectivity index (χ4v) is 3.22. The van der Waals surface area contributed by atoms with Gasteiger partial charge in [-0.15, -0.1) is 0 Å². The fourth-order valence-electron chi connectivity index (χ4n) is 3.22. The van der Waals surface area contributed by atoms with Crippen LogP contribution >= 0.6 is 0 Å². The number of rotatable bonds is 5. The van der Waals surface area contributed by atoms with Gasteiger partial charge in [-0.1, -0.05) is 25.1 Å². The Hall–Kier alpha value is -2.69. The lowest BCUT2D eigenvalue weighted by Crippen LogP contribution is -2.32. The van der Waals surface area contributed by atoms with Crippen molar-refractivity contribution in [3.63, 3.8) is 0 Å². The van der Waals surface area contributed by atoms with E-state index in [0.29, 0.717) is 6.54 Å². The van der Waals surface area contributed by atoms with Gasteiger partial charge in [0.15, 0.2) is 0 Å². The average Bonchev–Trinajstić information content (AvgIpc) is 2.68. The Morgan fingerprint density at radius 3 is 2.50 bits per heavy atom. The van der Waals surface area contributed by atoms with E-state index in [4.69, 9.17) is 4.74 Å². The van der Waals surface area contributed by atoms with Crippen molar-refractivity contribution in [2.45, 2.75) is 26.3 Å². The van der Waals surface area contributed by atoms with E-state index in [0.717, 1.165) is 36.0 Å². The van der Waals surface area contributed by atoms with Crippen LogP contribution in [0.5, 0.6) is 5.75 Å². The quantitative estimate of drug-likeness (QED) is 0.845. The lowest BCUT2D eigenvalue weighted by atomic mass is 9.99. The molecule has 0 saturated carbocycles. The molecule has 0 aliphatic carbocycles. The van der Waals surface area contributed by atoms with Gasteiger partial charge in [-0.05, 0) is 49.1 Å². The van der Waals surface area contributed by atoms with Gasteiger partial charge in [-0.2, -0.15) is 0 Å². The van der Waals surface area contributed by atoms with E-state index < -0.39 is 0 Å². The summed E-state index contributed by atoms with van der Waals surface area (Å²) in [6.45, 7) is 4.94. The van der Waals surface area contributed by atoms with Gasteiger partial charge >= 0.3 is 6.03 Å². The monoisotopic (exact) mass is 353 g/mol. The second-order valence-corrected chi connectivity index (χ2v) is 6.84. The summed E-state index contributed by atoms with van der Waals surface area (Å²) < 4.78 is 5.30. The minimum absolute atomic E-state index is 0.226. The van der Waals surface area contributed by atoms with E-state index in [-0.39, 0.29) is 6.03 Å². The van der Waals surface area contributed by atoms with Crippen molar-refractivity contribution in [1.29, 1.82) is 0 Å². The van der Waals surface area contributed by atoms with Gasteiger partial charge in [0.2, 0.25) is 0 Å². The van der Waals surface area contributed by atoms with E-state index in [1.54, 1.807) is 7.11 Å². The maximum absolute atomic E-state index is 12.1. The Morgan fingerprint density at radius 2 is 1.81 bits per heavy atom. The lowest BCUT2D eigenvalue weighted by molar-refractivity contribution is 0.251. The zero-order chi connectivity index (χ0) is 18.4. The third-order valence-electron chi connectivity index (χ3n) is 4.91. The van der Waals surface area contributed by atoms with Gasteiger partial charge in [0.05, 0.1) is 7.11 Å². The van der Waals surface area contributed by atoms with Crippen molar-refractivity contribution in [2.75, 3.05) is 30.4 Å². The lowest BCUT2D eigenvalue weighted by Gasteiger charge is -2.32. The number of benzene rings is 2. The zero-order valence-corrected chi connectivity index (χ0v) is 15.5. The fraction of sp³-hybridized carbons (Fsp3) is 0.381. The Labute approximate surface area is 155 Å². The standard InChI is InChI=1S/C21H27N3O2/c1-16-11-13-24(14-12-16)19-9-7-18(8-10-19)23-21(25)22-15-17-5-3-4-6-20(17)26-2/h3-10,16H,11-15H2,1-2H3,(H2,22,23,25). The molecule has 0 atom stereocenters. The maximum atomic E-state index is 12.1. The molecule has 3 rings (SSSR count). The van der Waals surface area contributed by atoms with Gasteiger partial charge in [0, 0.05) is 36.6 Å². The van der Waals surface area contributed by atoms with Crippen molar-refractivity contribution < 1.29 is 9.53 Å². The van der Waals surface area contributed by atoms with Crippen LogP contribution in [-0.2, 0) is 6.54 Å². The number of nitrogens with one attached hydrogen (secondary N) is 2. The SMILES string of the molecule is COc1ccccc1CNC(=O)Nc1ccc(N2CCC(C)CC2)cc1. The Balaban J connectivity index is 1.51. The molecule has 2 aromatic rings. The Morgan fingerprint density at radius 1 is 1.12 bits per heavy atom. The van der Waals surface area contributed by atoms with Crippen molar-refractivity contribution in [3.8, 4) is 5.75 Å². The number of para-hydroxylation sites is 1. The summed E-state index contributed by atoms with van der Waals surface area (Å²) in [4.78, 5) is 14.5. The van der Waals surface area contributed by atoms with Gasteiger partial charge in [0.25, 0.3) is 0 Å². The van der Waals surface area contributed by atoms with Crippen LogP contribution in [0.2, 0.25) is 0 Å². The van der Waals surface area contributed by atoms with Gasteiger partial charge in [0.1, 0.15) is 5.75 Å². The zero-order valence-electron chi connectivity index (χ0n) is 15.5. The molecule has 0 spiro atoms. The van der Waals surface area contributed by atoms with Crippen LogP contribution in [0.4, 0.5) is 16.2 Å². The Bertz CT molecular complexity index is 722. The number of amides is 2. The van der Waals surface area contributed by atoms with Crippen molar-refractivity contribution >= 4 is 17.4 Å². The van der Waals surface area contributed by atoms with Crippen LogP contribution in [0.1, 0.15) is 25.3 Å². The molecule has 5 nitrogen and oxygen atoms in total. The normalized spacial score (nSPS) is 14.8. The van der Waals surface area contributed by atoms with E-state index >= 15 is 0 Å². The number of carbonyl (C=O) groups excluding carboxylic acids is 1. The molecule has 1 heterocycles. The molecule has 2 N–H and O–H groups in total. The smallest absolute Gasteiger partial charge is 0.319 e. The summed E-state index contributed by atoms with van der Waals surface area (Å²) in [5.41, 5.74) is 2.95. The molecule has 1 aliphatic heterocycles. The molecular weight excluding hydrogens is 326 g/mol. The topological polar surface area (TPSA) is 53.6 Å². The van der Waals surface area contributed by atoms with E-state index in [1.807, 2.05) is 36.4 Å². The highest BCUT2D eigenvalue weighted by Gasteiger charge is 2.15. The van der Waals surface area contributed by atoms with Crippen molar-refractivity contribution in [2.24, 2.45) is 5.92 Å². The number of anilines is 2. The minimum atomic E-state index is -0.226. The number of methoxy groups -OCH3 is 1. The third kappa shape index (κ3) is 4.69. The first kappa shape index (κ1) is 18.1. The van der Waals surface area contributed by atoms with Crippen LogP contribution in [0.15, 0.2) is 48.5 Å². The first-order valence-electron chi connectivity index (χ1n) is 9.17. The number of ether oxygens (including phenoxy) is 1. The number of hydrogen-bond donors (Lipinski definition) is 2. The summed E-state index contributed by atoms with van der Waals surface area (Å²) in [5.74, 6) is 1.59. The van der Waals surface area contributed by atoms with E-state index in [1.165, 1.54) is 18.5 Å². The predicted molar refractivity (Wildman–Crippen MR) is 106 cm³/mol. The second-order valence-electron chi connectivity index (χ2n) is 6.84. The number of piperidine rings is 1. The first-order chi connectivity index (χ1) is 12.7. The molecule has 0 radical (unpaired) electrons. The highest BCUT2D eigenvalue weighted by Crippen LogP contribution is 2.24. The predicted octanol–water partition coefficient (Wildman–Crippen LogP) is 4.25. The highest BCUT2D eigenvalue weighted by atomic mass is 16.5. The molecule has 2 amide bonds. The second kappa shape index (κ2) is 8.61.